The van der Waals surface area contributed by atoms with Gasteiger partial charge in [-0.3, -0.25) is 9.59 Å². The summed E-state index contributed by atoms with van der Waals surface area (Å²) in [4.78, 5) is 30.4. The third kappa shape index (κ3) is 5.12. The number of nitrogens with zero attached hydrogens (tertiary/aromatic N) is 2. The van der Waals surface area contributed by atoms with Crippen LogP contribution < -0.4 is 9.47 Å². The third-order valence-corrected chi connectivity index (χ3v) is 6.98. The van der Waals surface area contributed by atoms with E-state index in [4.69, 9.17) is 9.47 Å². The number of fused-ring (bicyclic) bond motifs is 1. The molecule has 0 unspecified atom stereocenters. The molecule has 7 nitrogen and oxygen atoms in total. The molecule has 2 aromatic carbocycles. The molecule has 0 spiro atoms. The Morgan fingerprint density at radius 2 is 1.83 bits per heavy atom. The van der Waals surface area contributed by atoms with Crippen molar-refractivity contribution in [3.05, 3.63) is 64.7 Å². The Hall–Kier alpha value is -3.32. The molecule has 1 amide bonds. The van der Waals surface area contributed by atoms with Gasteiger partial charge in [0.1, 0.15) is 23.4 Å². The van der Waals surface area contributed by atoms with Crippen LogP contribution in [0.5, 0.6) is 11.5 Å². The second-order valence-corrected chi connectivity index (χ2v) is 9.33. The van der Waals surface area contributed by atoms with Gasteiger partial charge in [0.05, 0.1) is 18.2 Å². The number of ketones is 1. The van der Waals surface area contributed by atoms with Crippen molar-refractivity contribution in [3.8, 4) is 11.5 Å². The summed E-state index contributed by atoms with van der Waals surface area (Å²) in [6, 6.07) is 12.2. The third-order valence-electron chi connectivity index (χ3n) is 6.98. The molecule has 2 heterocycles. The fraction of sp³-hybridized carbons (Fsp3) is 0.448. The Morgan fingerprint density at radius 3 is 2.50 bits per heavy atom. The zero-order valence-corrected chi connectivity index (χ0v) is 21.6. The van der Waals surface area contributed by atoms with Gasteiger partial charge in [-0.15, -0.1) is 0 Å². The van der Waals surface area contributed by atoms with Crippen molar-refractivity contribution in [1.29, 1.82) is 0 Å². The van der Waals surface area contributed by atoms with Gasteiger partial charge in [0.15, 0.2) is 0 Å². The first kappa shape index (κ1) is 25.8. The first-order valence-electron chi connectivity index (χ1n) is 12.9. The van der Waals surface area contributed by atoms with Crippen molar-refractivity contribution in [3.63, 3.8) is 0 Å². The average molecular weight is 493 g/mol. The van der Waals surface area contributed by atoms with Crippen LogP contribution in [0.2, 0.25) is 0 Å². The molecular weight excluding hydrogens is 456 g/mol. The van der Waals surface area contributed by atoms with Crippen LogP contribution in [-0.2, 0) is 16.0 Å². The van der Waals surface area contributed by atoms with E-state index in [0.717, 1.165) is 49.4 Å². The average Bonchev–Trinajstić information content (AvgIpc) is 3.37. The maximum atomic E-state index is 13.3. The molecule has 36 heavy (non-hydrogen) atoms. The zero-order valence-electron chi connectivity index (χ0n) is 21.6. The molecule has 2 aliphatic rings. The molecule has 2 atom stereocenters. The SMILES string of the molecule is CCOc1ccc([C@@H]2C(=C(O)c3ccc4c(c3)C[C@H](C)O4)C(=O)C(=O)N2CCCN(CC)CC)cc1. The number of rotatable bonds is 10. The maximum absolute atomic E-state index is 13.3. The van der Waals surface area contributed by atoms with E-state index in [2.05, 4.69) is 18.7 Å². The standard InChI is InChI=1S/C29H36N2O5/c1-5-30(6-2)15-8-16-31-26(20-9-12-23(13-10-20)35-7-3)25(28(33)29(31)34)27(32)21-11-14-24-22(18-21)17-19(4)36-24/h9-14,18-19,26,32H,5-8,15-17H2,1-4H3/t19-,26+/m0/s1. The van der Waals surface area contributed by atoms with Crippen molar-refractivity contribution >= 4 is 17.4 Å². The molecule has 1 saturated heterocycles. The lowest BCUT2D eigenvalue weighted by molar-refractivity contribution is -0.140. The fourth-order valence-corrected chi connectivity index (χ4v) is 5.10. The Bertz CT molecular complexity index is 1140. The van der Waals surface area contributed by atoms with Gasteiger partial charge in [0, 0.05) is 18.5 Å². The second-order valence-electron chi connectivity index (χ2n) is 9.33. The summed E-state index contributed by atoms with van der Waals surface area (Å²) in [5, 5.41) is 11.4. The van der Waals surface area contributed by atoms with Crippen LogP contribution in [0, 0.1) is 0 Å². The highest BCUT2D eigenvalue weighted by Gasteiger charge is 2.46. The first-order valence-corrected chi connectivity index (χ1v) is 12.9. The molecule has 2 aliphatic heterocycles. The van der Waals surface area contributed by atoms with Gasteiger partial charge >= 0.3 is 0 Å². The summed E-state index contributed by atoms with van der Waals surface area (Å²) in [7, 11) is 0. The lowest BCUT2D eigenvalue weighted by Gasteiger charge is -2.27. The summed E-state index contributed by atoms with van der Waals surface area (Å²) in [5.41, 5.74) is 2.39. The van der Waals surface area contributed by atoms with Crippen molar-refractivity contribution in [2.75, 3.05) is 32.8 Å². The van der Waals surface area contributed by atoms with Crippen LogP contribution in [0.1, 0.15) is 56.8 Å². The van der Waals surface area contributed by atoms with Crippen molar-refractivity contribution in [2.24, 2.45) is 0 Å². The van der Waals surface area contributed by atoms with Crippen LogP contribution in [0.15, 0.2) is 48.0 Å². The van der Waals surface area contributed by atoms with E-state index < -0.39 is 17.7 Å². The molecule has 0 aliphatic carbocycles. The normalized spacial score (nSPS) is 20.6. The molecule has 1 N–H and O–H groups in total. The van der Waals surface area contributed by atoms with Gasteiger partial charge in [-0.25, -0.2) is 0 Å². The van der Waals surface area contributed by atoms with E-state index in [1.54, 1.807) is 11.0 Å². The number of carbonyl (C=O) groups is 2. The molecule has 192 valence electrons. The number of aliphatic hydroxyl groups excluding tert-OH is 1. The molecule has 1 fully saturated rings. The van der Waals surface area contributed by atoms with Gasteiger partial charge in [0.25, 0.3) is 11.7 Å². The summed E-state index contributed by atoms with van der Waals surface area (Å²) in [6.45, 7) is 11.8. The minimum atomic E-state index is -0.666. The highest BCUT2D eigenvalue weighted by Crippen LogP contribution is 2.41. The molecule has 4 rings (SSSR count). The number of amides is 1. The Morgan fingerprint density at radius 1 is 1.11 bits per heavy atom. The monoisotopic (exact) mass is 492 g/mol. The second kappa shape index (κ2) is 11.2. The van der Waals surface area contributed by atoms with Gasteiger partial charge in [0.2, 0.25) is 0 Å². The lowest BCUT2D eigenvalue weighted by Crippen LogP contribution is -2.33. The van der Waals surface area contributed by atoms with Crippen molar-refractivity contribution in [2.45, 2.75) is 52.7 Å². The lowest BCUT2D eigenvalue weighted by atomic mass is 9.94. The number of hydrogen-bond acceptors (Lipinski definition) is 6. The van der Waals surface area contributed by atoms with Crippen LogP contribution in [0.25, 0.3) is 5.76 Å². The van der Waals surface area contributed by atoms with E-state index in [1.807, 2.05) is 50.2 Å². The summed E-state index contributed by atoms with van der Waals surface area (Å²) < 4.78 is 11.4. The minimum absolute atomic E-state index is 0.0673. The van der Waals surface area contributed by atoms with E-state index >= 15 is 0 Å². The largest absolute Gasteiger partial charge is 0.507 e. The smallest absolute Gasteiger partial charge is 0.295 e. The van der Waals surface area contributed by atoms with E-state index in [-0.39, 0.29) is 17.4 Å². The topological polar surface area (TPSA) is 79.3 Å². The summed E-state index contributed by atoms with van der Waals surface area (Å²) >= 11 is 0. The quantitative estimate of drug-likeness (QED) is 0.298. The van der Waals surface area contributed by atoms with Crippen LogP contribution in [0.3, 0.4) is 0 Å². The van der Waals surface area contributed by atoms with Crippen molar-refractivity contribution < 1.29 is 24.2 Å². The van der Waals surface area contributed by atoms with Crippen molar-refractivity contribution in [1.82, 2.24) is 9.80 Å². The van der Waals surface area contributed by atoms with Gasteiger partial charge in [-0.1, -0.05) is 26.0 Å². The molecule has 2 aromatic rings. The minimum Gasteiger partial charge on any atom is -0.507 e. The number of hydrogen-bond donors (Lipinski definition) is 1. The zero-order chi connectivity index (χ0) is 25.8. The van der Waals surface area contributed by atoms with E-state index in [9.17, 15) is 14.7 Å². The van der Waals surface area contributed by atoms with Gasteiger partial charge in [-0.2, -0.15) is 0 Å². The Labute approximate surface area is 213 Å². The van der Waals surface area contributed by atoms with E-state index in [1.165, 1.54) is 0 Å². The van der Waals surface area contributed by atoms with Gasteiger partial charge < -0.3 is 24.4 Å². The number of aliphatic hydroxyl groups is 1. The molecular formula is C29H36N2O5. The molecule has 0 aromatic heterocycles. The number of benzene rings is 2. The number of carbonyl (C=O) groups excluding carboxylic acids is 2. The Balaban J connectivity index is 1.72. The predicted molar refractivity (Wildman–Crippen MR) is 139 cm³/mol. The summed E-state index contributed by atoms with van der Waals surface area (Å²) in [5.74, 6) is 0.125. The number of likely N-dealkylation sites (tertiary alicyclic amines) is 1. The number of Topliss-reactive ketones (excluding diaryl/α,β-unsaturated/α-hetero) is 1. The maximum Gasteiger partial charge on any atom is 0.295 e. The van der Waals surface area contributed by atoms with Crippen LogP contribution in [0.4, 0.5) is 0 Å². The molecule has 0 radical (unpaired) electrons. The van der Waals surface area contributed by atoms with Crippen LogP contribution in [-0.4, -0.2) is 65.5 Å². The number of ether oxygens (including phenoxy) is 2. The van der Waals surface area contributed by atoms with Gasteiger partial charge in [-0.05, 0) is 81.4 Å². The molecule has 0 bridgehead atoms. The first-order chi connectivity index (χ1) is 17.4. The molecule has 0 saturated carbocycles. The predicted octanol–water partition coefficient (Wildman–Crippen LogP) is 4.56. The highest BCUT2D eigenvalue weighted by atomic mass is 16.5. The fourth-order valence-electron chi connectivity index (χ4n) is 5.10. The highest BCUT2D eigenvalue weighted by molar-refractivity contribution is 6.46. The Kier molecular flexibility index (Phi) is 7.99. The molecule has 7 heteroatoms. The summed E-state index contributed by atoms with van der Waals surface area (Å²) in [6.07, 6.45) is 1.53. The van der Waals surface area contributed by atoms with E-state index in [0.29, 0.717) is 24.5 Å². The van der Waals surface area contributed by atoms with Crippen LogP contribution >= 0.6 is 0 Å².